The molecule has 2 heterocycles. The molecule has 1 aromatic heterocycles. The van der Waals surface area contributed by atoms with Crippen molar-refractivity contribution in [3.63, 3.8) is 0 Å². The highest BCUT2D eigenvalue weighted by Gasteiger charge is 2.31. The molecule has 1 aliphatic heterocycles. The van der Waals surface area contributed by atoms with Crippen molar-refractivity contribution in [1.29, 1.82) is 5.26 Å². The largest absolute Gasteiger partial charge is 0.573 e. The quantitative estimate of drug-likeness (QED) is 0.343. The van der Waals surface area contributed by atoms with E-state index in [1.807, 2.05) is 11.0 Å². The van der Waals surface area contributed by atoms with Crippen LogP contribution in [0.25, 0.3) is 0 Å². The molecule has 11 nitrogen and oxygen atoms in total. The van der Waals surface area contributed by atoms with Crippen LogP contribution < -0.4 is 34.5 Å². The van der Waals surface area contributed by atoms with Crippen molar-refractivity contribution in [2.45, 2.75) is 25.2 Å². The van der Waals surface area contributed by atoms with E-state index < -0.39 is 24.1 Å². The van der Waals surface area contributed by atoms with E-state index >= 15 is 0 Å². The number of carbonyl (C=O) groups is 1. The molecular weight excluding hydrogens is 557 g/mol. The molecule has 1 unspecified atom stereocenters. The predicted molar refractivity (Wildman–Crippen MR) is 146 cm³/mol. The summed E-state index contributed by atoms with van der Waals surface area (Å²) in [5.41, 5.74) is 0.949. The summed E-state index contributed by atoms with van der Waals surface area (Å²) in [7, 11) is 4.55. The molecule has 1 fully saturated rings. The molecule has 0 aliphatic carbocycles. The maximum absolute atomic E-state index is 13.1. The molecule has 222 valence electrons. The minimum atomic E-state index is -4.82. The lowest BCUT2D eigenvalue weighted by molar-refractivity contribution is -0.274. The Labute approximate surface area is 240 Å². The Kier molecular flexibility index (Phi) is 9.41. The third-order valence-electron chi connectivity index (χ3n) is 6.54. The van der Waals surface area contributed by atoms with Crippen LogP contribution in [0.3, 0.4) is 0 Å². The smallest absolute Gasteiger partial charge is 0.493 e. The minimum absolute atomic E-state index is 0.316. The Hall–Kier alpha value is -4.93. The summed E-state index contributed by atoms with van der Waals surface area (Å²) in [4.78, 5) is 24.0. The molecule has 2 N–H and O–H groups in total. The molecule has 1 amide bonds. The highest BCUT2D eigenvalue weighted by molar-refractivity contribution is 5.80. The van der Waals surface area contributed by atoms with Gasteiger partial charge in [-0.25, -0.2) is 4.98 Å². The highest BCUT2D eigenvalue weighted by Crippen LogP contribution is 2.40. The Morgan fingerprint density at radius 1 is 1.10 bits per heavy atom. The van der Waals surface area contributed by atoms with Crippen molar-refractivity contribution in [2.24, 2.45) is 5.92 Å². The zero-order valence-electron chi connectivity index (χ0n) is 23.1. The van der Waals surface area contributed by atoms with Crippen LogP contribution in [0.15, 0.2) is 48.7 Å². The number of halogens is 3. The molecule has 0 radical (unpaired) electrons. The van der Waals surface area contributed by atoms with Crippen molar-refractivity contribution in [3.05, 3.63) is 54.2 Å². The number of aromatic nitrogens is 2. The third kappa shape index (κ3) is 7.42. The lowest BCUT2D eigenvalue weighted by Crippen LogP contribution is -2.44. The van der Waals surface area contributed by atoms with Crippen molar-refractivity contribution < 1.29 is 36.9 Å². The topological polar surface area (TPSA) is 131 Å². The van der Waals surface area contributed by atoms with Gasteiger partial charge in [-0.05, 0) is 36.6 Å². The van der Waals surface area contributed by atoms with Gasteiger partial charge in [-0.15, -0.1) is 13.2 Å². The number of nitrogens with one attached hydrogen (secondary N) is 2. The number of benzene rings is 2. The second-order valence-electron chi connectivity index (χ2n) is 9.25. The van der Waals surface area contributed by atoms with Gasteiger partial charge in [0.1, 0.15) is 17.6 Å². The zero-order chi connectivity index (χ0) is 30.3. The molecule has 1 aliphatic rings. The molecule has 0 spiro atoms. The first-order valence-corrected chi connectivity index (χ1v) is 12.8. The van der Waals surface area contributed by atoms with Crippen LogP contribution in [0.2, 0.25) is 0 Å². The van der Waals surface area contributed by atoms with E-state index in [2.05, 4.69) is 25.3 Å². The average Bonchev–Trinajstić information content (AvgIpc) is 2.99. The molecule has 42 heavy (non-hydrogen) atoms. The summed E-state index contributed by atoms with van der Waals surface area (Å²) in [6.45, 7) is 1.01. The van der Waals surface area contributed by atoms with E-state index in [0.717, 1.165) is 12.1 Å². The molecule has 3 aromatic rings. The number of nitrogens with zero attached hydrogens (tertiary/aromatic N) is 4. The van der Waals surface area contributed by atoms with Crippen LogP contribution in [0.5, 0.6) is 23.0 Å². The monoisotopic (exact) mass is 586 g/mol. The van der Waals surface area contributed by atoms with Crippen LogP contribution in [0.4, 0.5) is 30.6 Å². The second-order valence-corrected chi connectivity index (χ2v) is 9.25. The number of nitriles is 1. The summed E-state index contributed by atoms with van der Waals surface area (Å²) in [5, 5.41) is 15.5. The van der Waals surface area contributed by atoms with Gasteiger partial charge in [-0.3, -0.25) is 4.79 Å². The van der Waals surface area contributed by atoms with Crippen molar-refractivity contribution in [2.75, 3.05) is 44.6 Å². The summed E-state index contributed by atoms with van der Waals surface area (Å²) in [6, 6.07) is 11.0. The van der Waals surface area contributed by atoms with Gasteiger partial charge in [0, 0.05) is 37.1 Å². The average molecular weight is 587 g/mol. The lowest BCUT2D eigenvalue weighted by Gasteiger charge is -2.33. The fourth-order valence-electron chi connectivity index (χ4n) is 4.58. The lowest BCUT2D eigenvalue weighted by atomic mass is 9.96. The van der Waals surface area contributed by atoms with E-state index in [1.54, 1.807) is 24.4 Å². The van der Waals surface area contributed by atoms with Crippen LogP contribution >= 0.6 is 0 Å². The summed E-state index contributed by atoms with van der Waals surface area (Å²) >= 11 is 0. The maximum Gasteiger partial charge on any atom is 0.573 e. The van der Waals surface area contributed by atoms with Gasteiger partial charge < -0.3 is 34.5 Å². The number of rotatable bonds is 10. The van der Waals surface area contributed by atoms with Gasteiger partial charge in [0.25, 0.3) is 0 Å². The number of alkyl halides is 3. The van der Waals surface area contributed by atoms with E-state index in [4.69, 9.17) is 14.2 Å². The van der Waals surface area contributed by atoms with Gasteiger partial charge in [0.15, 0.2) is 11.5 Å². The van der Waals surface area contributed by atoms with Gasteiger partial charge in [0.05, 0.1) is 33.3 Å². The van der Waals surface area contributed by atoms with Crippen LogP contribution in [-0.4, -0.2) is 56.7 Å². The highest BCUT2D eigenvalue weighted by atomic mass is 19.4. The van der Waals surface area contributed by atoms with Crippen molar-refractivity contribution in [1.82, 2.24) is 15.3 Å². The SMILES string of the molecule is COc1cc(Nc2nccc(N3CCC[C@H](C(=O)NC(C#N)c4ccc(OC(F)(F)F)cc4)C3)n2)cc(OC)c1OC. The zero-order valence-corrected chi connectivity index (χ0v) is 23.1. The normalized spacial score (nSPS) is 15.6. The van der Waals surface area contributed by atoms with Gasteiger partial charge in [0.2, 0.25) is 17.6 Å². The van der Waals surface area contributed by atoms with E-state index in [-0.39, 0.29) is 5.91 Å². The molecule has 0 bridgehead atoms. The standard InChI is InChI=1S/C28H29F3N6O5/c1-39-22-13-19(14-23(40-2)25(22)41-3)34-27-33-11-10-24(36-27)37-12-4-5-18(16-37)26(38)35-21(15-32)17-6-8-20(9-7-17)42-28(29,30)31/h6-11,13-14,18,21H,4-5,12,16H2,1-3H3,(H,35,38)(H,33,34,36)/t18-,21?/m0/s1. The first-order chi connectivity index (χ1) is 20.1. The molecule has 1 saturated heterocycles. The molecule has 14 heteroatoms. The Morgan fingerprint density at radius 2 is 1.79 bits per heavy atom. The number of amides is 1. The minimum Gasteiger partial charge on any atom is -0.493 e. The number of methoxy groups -OCH3 is 3. The number of hydrogen-bond acceptors (Lipinski definition) is 10. The van der Waals surface area contributed by atoms with Crippen LogP contribution in [0, 0.1) is 17.2 Å². The van der Waals surface area contributed by atoms with E-state index in [1.165, 1.54) is 33.5 Å². The predicted octanol–water partition coefficient (Wildman–Crippen LogP) is 4.74. The molecule has 4 rings (SSSR count). The fourth-order valence-corrected chi connectivity index (χ4v) is 4.58. The van der Waals surface area contributed by atoms with Gasteiger partial charge in [-0.1, -0.05) is 12.1 Å². The van der Waals surface area contributed by atoms with Crippen LogP contribution in [0.1, 0.15) is 24.4 Å². The number of ether oxygens (including phenoxy) is 4. The number of hydrogen-bond donors (Lipinski definition) is 2. The molecule has 0 saturated carbocycles. The number of anilines is 3. The Morgan fingerprint density at radius 3 is 2.38 bits per heavy atom. The molecule has 2 aromatic carbocycles. The second kappa shape index (κ2) is 13.2. The summed E-state index contributed by atoms with van der Waals surface area (Å²) < 4.78 is 57.3. The van der Waals surface area contributed by atoms with Gasteiger partial charge in [-0.2, -0.15) is 10.2 Å². The summed E-state index contributed by atoms with van der Waals surface area (Å²) in [6.07, 6.45) is -1.92. The molecular formula is C28H29F3N6O5. The van der Waals surface area contributed by atoms with E-state index in [9.17, 15) is 23.2 Å². The number of carbonyl (C=O) groups excluding carboxylic acids is 1. The maximum atomic E-state index is 13.1. The van der Waals surface area contributed by atoms with Crippen LogP contribution in [-0.2, 0) is 4.79 Å². The first-order valence-electron chi connectivity index (χ1n) is 12.8. The fraction of sp³-hybridized carbons (Fsp3) is 0.357. The first kappa shape index (κ1) is 30.0. The van der Waals surface area contributed by atoms with E-state index in [0.29, 0.717) is 66.2 Å². The third-order valence-corrected chi connectivity index (χ3v) is 6.54. The Balaban J connectivity index is 1.42. The Bertz CT molecular complexity index is 1410. The van der Waals surface area contributed by atoms with Crippen molar-refractivity contribution in [3.8, 4) is 29.1 Å². The molecule has 2 atom stereocenters. The van der Waals surface area contributed by atoms with Crippen molar-refractivity contribution >= 4 is 23.4 Å². The summed E-state index contributed by atoms with van der Waals surface area (Å²) in [5.74, 6) is 1.09. The number of piperidine rings is 1. The van der Waals surface area contributed by atoms with Gasteiger partial charge >= 0.3 is 6.36 Å².